The average Bonchev–Trinajstić information content (AvgIpc) is 2.44. The molecule has 114 valence electrons. The number of carboxylic acid groups (broad SMARTS) is 1. The highest BCUT2D eigenvalue weighted by molar-refractivity contribution is 5.83. The summed E-state index contributed by atoms with van der Waals surface area (Å²) in [4.78, 5) is 25.3. The van der Waals surface area contributed by atoms with E-state index >= 15 is 0 Å². The SMILES string of the molecule is CCCN1C(=O)COC(C(=O)O)C1c1cccc(C)c1C. The molecule has 1 aliphatic rings. The number of carboxylic acids is 1. The number of ether oxygens (including phenoxy) is 1. The third-order valence-electron chi connectivity index (χ3n) is 4.00. The van der Waals surface area contributed by atoms with Gasteiger partial charge in [0.15, 0.2) is 6.10 Å². The van der Waals surface area contributed by atoms with Crippen LogP contribution in [0.25, 0.3) is 0 Å². The number of carbonyl (C=O) groups is 2. The molecule has 0 spiro atoms. The molecule has 1 N–H and O–H groups in total. The highest BCUT2D eigenvalue weighted by Crippen LogP contribution is 2.33. The van der Waals surface area contributed by atoms with Crippen LogP contribution in [0.1, 0.15) is 36.1 Å². The molecule has 0 aliphatic carbocycles. The fraction of sp³-hybridized carbons (Fsp3) is 0.500. The summed E-state index contributed by atoms with van der Waals surface area (Å²) in [5.74, 6) is -1.19. The molecule has 5 nitrogen and oxygen atoms in total. The Morgan fingerprint density at radius 2 is 2.14 bits per heavy atom. The van der Waals surface area contributed by atoms with Crippen LogP contribution < -0.4 is 0 Å². The molecule has 0 bridgehead atoms. The summed E-state index contributed by atoms with van der Waals surface area (Å²) in [6.45, 7) is 6.26. The molecule has 0 saturated carbocycles. The zero-order chi connectivity index (χ0) is 15.6. The van der Waals surface area contributed by atoms with Gasteiger partial charge in [-0.25, -0.2) is 4.79 Å². The number of morpholine rings is 1. The first-order valence-corrected chi connectivity index (χ1v) is 7.17. The topological polar surface area (TPSA) is 66.8 Å². The Labute approximate surface area is 124 Å². The average molecular weight is 291 g/mol. The van der Waals surface area contributed by atoms with Crippen molar-refractivity contribution in [3.63, 3.8) is 0 Å². The zero-order valence-electron chi connectivity index (χ0n) is 12.6. The summed E-state index contributed by atoms with van der Waals surface area (Å²) in [5, 5.41) is 9.44. The molecule has 1 amide bonds. The van der Waals surface area contributed by atoms with Gasteiger partial charge in [-0.2, -0.15) is 0 Å². The molecule has 1 fully saturated rings. The van der Waals surface area contributed by atoms with Gasteiger partial charge in [-0.3, -0.25) is 4.79 Å². The van der Waals surface area contributed by atoms with Crippen LogP contribution in [0.3, 0.4) is 0 Å². The third-order valence-corrected chi connectivity index (χ3v) is 4.00. The number of aliphatic carboxylic acids is 1. The van der Waals surface area contributed by atoms with E-state index in [4.69, 9.17) is 4.74 Å². The van der Waals surface area contributed by atoms with Crippen molar-refractivity contribution in [2.24, 2.45) is 0 Å². The minimum Gasteiger partial charge on any atom is -0.479 e. The number of benzene rings is 1. The van der Waals surface area contributed by atoms with E-state index in [1.54, 1.807) is 4.90 Å². The molecule has 1 heterocycles. The van der Waals surface area contributed by atoms with Gasteiger partial charge < -0.3 is 14.7 Å². The van der Waals surface area contributed by atoms with E-state index in [9.17, 15) is 14.7 Å². The Morgan fingerprint density at radius 1 is 1.43 bits per heavy atom. The summed E-state index contributed by atoms with van der Waals surface area (Å²) in [7, 11) is 0. The number of rotatable bonds is 4. The van der Waals surface area contributed by atoms with Crippen molar-refractivity contribution < 1.29 is 19.4 Å². The predicted molar refractivity (Wildman–Crippen MR) is 78.0 cm³/mol. The first-order chi connectivity index (χ1) is 9.97. The summed E-state index contributed by atoms with van der Waals surface area (Å²) in [6, 6.07) is 5.18. The second kappa shape index (κ2) is 6.26. The molecular formula is C16H21NO4. The Kier molecular flexibility index (Phi) is 4.63. The fourth-order valence-corrected chi connectivity index (χ4v) is 2.79. The second-order valence-corrected chi connectivity index (χ2v) is 5.39. The van der Waals surface area contributed by atoms with Gasteiger partial charge in [-0.1, -0.05) is 25.1 Å². The van der Waals surface area contributed by atoms with Gasteiger partial charge >= 0.3 is 5.97 Å². The largest absolute Gasteiger partial charge is 0.479 e. The van der Waals surface area contributed by atoms with E-state index in [2.05, 4.69) is 0 Å². The van der Waals surface area contributed by atoms with Crippen LogP contribution in [-0.4, -0.2) is 41.1 Å². The van der Waals surface area contributed by atoms with Gasteiger partial charge in [0.1, 0.15) is 6.61 Å². The number of aryl methyl sites for hydroxylation is 1. The first-order valence-electron chi connectivity index (χ1n) is 7.17. The molecular weight excluding hydrogens is 270 g/mol. The first kappa shape index (κ1) is 15.5. The maximum absolute atomic E-state index is 12.1. The molecule has 21 heavy (non-hydrogen) atoms. The molecule has 2 atom stereocenters. The highest BCUT2D eigenvalue weighted by atomic mass is 16.5. The number of carbonyl (C=O) groups excluding carboxylic acids is 1. The zero-order valence-corrected chi connectivity index (χ0v) is 12.6. The lowest BCUT2D eigenvalue weighted by Gasteiger charge is -2.40. The third kappa shape index (κ3) is 2.93. The molecule has 1 saturated heterocycles. The number of nitrogens with zero attached hydrogens (tertiary/aromatic N) is 1. The van der Waals surface area contributed by atoms with Crippen molar-refractivity contribution in [2.75, 3.05) is 13.2 Å². The molecule has 2 rings (SSSR count). The van der Waals surface area contributed by atoms with Crippen molar-refractivity contribution in [3.8, 4) is 0 Å². The van der Waals surface area contributed by atoms with Crippen LogP contribution in [-0.2, 0) is 14.3 Å². The number of amides is 1. The van der Waals surface area contributed by atoms with Crippen LogP contribution in [0.2, 0.25) is 0 Å². The van der Waals surface area contributed by atoms with Gasteiger partial charge in [0.05, 0.1) is 6.04 Å². The van der Waals surface area contributed by atoms with E-state index in [0.29, 0.717) is 6.54 Å². The highest BCUT2D eigenvalue weighted by Gasteiger charge is 2.42. The Morgan fingerprint density at radius 3 is 2.76 bits per heavy atom. The molecule has 2 unspecified atom stereocenters. The maximum atomic E-state index is 12.1. The van der Waals surface area contributed by atoms with Crippen molar-refractivity contribution in [3.05, 3.63) is 34.9 Å². The van der Waals surface area contributed by atoms with Gasteiger partial charge in [0.2, 0.25) is 5.91 Å². The number of hydrogen-bond donors (Lipinski definition) is 1. The lowest BCUT2D eigenvalue weighted by atomic mass is 9.91. The summed E-state index contributed by atoms with van der Waals surface area (Å²) >= 11 is 0. The lowest BCUT2D eigenvalue weighted by Crippen LogP contribution is -2.52. The summed E-state index contributed by atoms with van der Waals surface area (Å²) < 4.78 is 5.30. The van der Waals surface area contributed by atoms with Gasteiger partial charge in [0.25, 0.3) is 0 Å². The van der Waals surface area contributed by atoms with Crippen molar-refractivity contribution in [1.29, 1.82) is 0 Å². The van der Waals surface area contributed by atoms with E-state index in [1.807, 2.05) is 39.0 Å². The maximum Gasteiger partial charge on any atom is 0.335 e. The van der Waals surface area contributed by atoms with Gasteiger partial charge in [-0.15, -0.1) is 0 Å². The fourth-order valence-electron chi connectivity index (χ4n) is 2.79. The van der Waals surface area contributed by atoms with Crippen LogP contribution in [0.4, 0.5) is 0 Å². The molecule has 5 heteroatoms. The molecule has 1 aromatic rings. The molecule has 1 aliphatic heterocycles. The minimum atomic E-state index is -1.03. The van der Waals surface area contributed by atoms with Crippen LogP contribution in [0.5, 0.6) is 0 Å². The van der Waals surface area contributed by atoms with E-state index < -0.39 is 18.1 Å². The second-order valence-electron chi connectivity index (χ2n) is 5.39. The smallest absolute Gasteiger partial charge is 0.335 e. The van der Waals surface area contributed by atoms with Crippen LogP contribution in [0.15, 0.2) is 18.2 Å². The van der Waals surface area contributed by atoms with Crippen molar-refractivity contribution >= 4 is 11.9 Å². The minimum absolute atomic E-state index is 0.153. The normalized spacial score (nSPS) is 22.4. The lowest BCUT2D eigenvalue weighted by molar-refractivity contribution is -0.173. The monoisotopic (exact) mass is 291 g/mol. The van der Waals surface area contributed by atoms with Gasteiger partial charge in [-0.05, 0) is 37.0 Å². The van der Waals surface area contributed by atoms with E-state index in [-0.39, 0.29) is 12.5 Å². The Hall–Kier alpha value is -1.88. The predicted octanol–water partition coefficient (Wildman–Crippen LogP) is 2.07. The van der Waals surface area contributed by atoms with Gasteiger partial charge in [0, 0.05) is 6.54 Å². The number of hydrogen-bond acceptors (Lipinski definition) is 3. The molecule has 0 radical (unpaired) electrons. The van der Waals surface area contributed by atoms with Crippen molar-refractivity contribution in [2.45, 2.75) is 39.3 Å². The van der Waals surface area contributed by atoms with E-state index in [1.165, 1.54) is 0 Å². The summed E-state index contributed by atoms with van der Waals surface area (Å²) in [6.07, 6.45) is -0.242. The van der Waals surface area contributed by atoms with Crippen LogP contribution in [0, 0.1) is 13.8 Å². The summed E-state index contributed by atoms with van der Waals surface area (Å²) in [5.41, 5.74) is 2.93. The quantitative estimate of drug-likeness (QED) is 0.922. The van der Waals surface area contributed by atoms with E-state index in [0.717, 1.165) is 23.1 Å². The standard InChI is InChI=1S/C16H21NO4/c1-4-8-17-13(18)9-21-15(16(19)20)14(17)12-7-5-6-10(2)11(12)3/h5-7,14-15H,4,8-9H2,1-3H3,(H,19,20). The molecule has 1 aromatic carbocycles. The van der Waals surface area contributed by atoms with Crippen molar-refractivity contribution in [1.82, 2.24) is 4.90 Å². The Balaban J connectivity index is 2.51. The molecule has 0 aromatic heterocycles. The Bertz CT molecular complexity index is 555. The van der Waals surface area contributed by atoms with Crippen LogP contribution >= 0.6 is 0 Å².